The Bertz CT molecular complexity index is 1710. The SMILES string of the molecule is COc1cc(C(=O)Oc2ccc3c(c2)OC(N)=C(C#N)C3c2cccc(OCc3ccc(C)cc3)c2)cc(OC)c1OC. The lowest BCUT2D eigenvalue weighted by atomic mass is 9.83. The van der Waals surface area contributed by atoms with Crippen LogP contribution < -0.4 is 34.2 Å². The molecule has 1 aliphatic heterocycles. The fraction of sp³-hybridized carbons (Fsp3) is 0.176. The van der Waals surface area contributed by atoms with Crippen molar-refractivity contribution in [2.75, 3.05) is 21.3 Å². The molecule has 0 fully saturated rings. The minimum Gasteiger partial charge on any atom is -0.493 e. The second-order valence-corrected chi connectivity index (χ2v) is 9.77. The van der Waals surface area contributed by atoms with Crippen molar-refractivity contribution in [3.8, 4) is 40.6 Å². The molecule has 218 valence electrons. The number of carbonyl (C=O) groups is 1. The molecule has 9 nitrogen and oxygen atoms in total. The van der Waals surface area contributed by atoms with E-state index in [2.05, 4.69) is 6.07 Å². The first kappa shape index (κ1) is 28.9. The molecule has 2 N–H and O–H groups in total. The number of ether oxygens (including phenoxy) is 6. The average molecular weight is 579 g/mol. The van der Waals surface area contributed by atoms with Crippen molar-refractivity contribution in [2.24, 2.45) is 5.73 Å². The van der Waals surface area contributed by atoms with E-state index in [1.165, 1.54) is 39.0 Å². The molecular weight excluding hydrogens is 548 g/mol. The molecule has 1 atom stereocenters. The van der Waals surface area contributed by atoms with Crippen LogP contribution in [0.15, 0.2) is 90.3 Å². The maximum atomic E-state index is 13.1. The van der Waals surface area contributed by atoms with E-state index in [-0.39, 0.29) is 22.8 Å². The summed E-state index contributed by atoms with van der Waals surface area (Å²) in [5, 5.41) is 9.99. The predicted octanol–water partition coefficient (Wildman–Crippen LogP) is 6.04. The number of nitriles is 1. The summed E-state index contributed by atoms with van der Waals surface area (Å²) in [7, 11) is 4.40. The van der Waals surface area contributed by atoms with Crippen molar-refractivity contribution in [1.29, 1.82) is 5.26 Å². The predicted molar refractivity (Wildman–Crippen MR) is 159 cm³/mol. The van der Waals surface area contributed by atoms with Gasteiger partial charge < -0.3 is 34.2 Å². The van der Waals surface area contributed by atoms with Gasteiger partial charge in [0.1, 0.15) is 35.5 Å². The maximum Gasteiger partial charge on any atom is 0.343 e. The van der Waals surface area contributed by atoms with E-state index in [0.717, 1.165) is 11.1 Å². The van der Waals surface area contributed by atoms with Crippen LogP contribution in [0.4, 0.5) is 0 Å². The summed E-state index contributed by atoms with van der Waals surface area (Å²) in [6, 6.07) is 25.8. The average Bonchev–Trinajstić information content (AvgIpc) is 3.03. The number of allylic oxidation sites excluding steroid dienone is 1. The lowest BCUT2D eigenvalue weighted by molar-refractivity contribution is 0.0733. The number of nitrogens with zero attached hydrogens (tertiary/aromatic N) is 1. The summed E-state index contributed by atoms with van der Waals surface area (Å²) in [6.45, 7) is 2.44. The topological polar surface area (TPSA) is 122 Å². The normalized spacial score (nSPS) is 13.7. The Morgan fingerprint density at radius 1 is 0.907 bits per heavy atom. The first-order valence-electron chi connectivity index (χ1n) is 13.4. The van der Waals surface area contributed by atoms with E-state index >= 15 is 0 Å². The van der Waals surface area contributed by atoms with E-state index in [1.807, 2.05) is 55.5 Å². The molecule has 1 aliphatic rings. The number of aryl methyl sites for hydroxylation is 1. The van der Waals surface area contributed by atoms with E-state index < -0.39 is 11.9 Å². The number of carbonyl (C=O) groups excluding carboxylic acids is 1. The number of fused-ring (bicyclic) bond motifs is 1. The first-order valence-corrected chi connectivity index (χ1v) is 13.4. The number of nitrogens with two attached hydrogens (primary N) is 1. The van der Waals surface area contributed by atoms with E-state index in [0.29, 0.717) is 40.9 Å². The zero-order chi connectivity index (χ0) is 30.5. The van der Waals surface area contributed by atoms with Gasteiger partial charge >= 0.3 is 5.97 Å². The summed E-state index contributed by atoms with van der Waals surface area (Å²) in [5.74, 6) is 1.03. The van der Waals surface area contributed by atoms with Gasteiger partial charge in [0, 0.05) is 11.6 Å². The Labute approximate surface area is 249 Å². The van der Waals surface area contributed by atoms with E-state index in [1.54, 1.807) is 18.2 Å². The number of rotatable bonds is 9. The van der Waals surface area contributed by atoms with Crippen molar-refractivity contribution in [2.45, 2.75) is 19.4 Å². The van der Waals surface area contributed by atoms with Gasteiger partial charge in [-0.15, -0.1) is 0 Å². The van der Waals surface area contributed by atoms with Gasteiger partial charge in [-0.25, -0.2) is 4.79 Å². The fourth-order valence-corrected chi connectivity index (χ4v) is 4.84. The van der Waals surface area contributed by atoms with Crippen LogP contribution in [0.2, 0.25) is 0 Å². The molecule has 0 spiro atoms. The van der Waals surface area contributed by atoms with Crippen LogP contribution in [-0.2, 0) is 6.61 Å². The summed E-state index contributed by atoms with van der Waals surface area (Å²) in [5.41, 5.74) is 10.4. The third kappa shape index (κ3) is 6.04. The van der Waals surface area contributed by atoms with Gasteiger partial charge in [0.05, 0.1) is 32.8 Å². The molecule has 5 rings (SSSR count). The Kier molecular flexibility index (Phi) is 8.39. The lowest BCUT2D eigenvalue weighted by Crippen LogP contribution is -2.21. The third-order valence-corrected chi connectivity index (χ3v) is 7.02. The van der Waals surface area contributed by atoms with Gasteiger partial charge in [0.25, 0.3) is 0 Å². The van der Waals surface area contributed by atoms with Crippen molar-refractivity contribution in [3.05, 3.63) is 118 Å². The quantitative estimate of drug-likeness (QED) is 0.187. The van der Waals surface area contributed by atoms with Gasteiger partial charge in [0.2, 0.25) is 11.6 Å². The Morgan fingerprint density at radius 2 is 1.63 bits per heavy atom. The van der Waals surface area contributed by atoms with Gasteiger partial charge in [-0.1, -0.05) is 48.0 Å². The monoisotopic (exact) mass is 578 g/mol. The zero-order valence-corrected chi connectivity index (χ0v) is 24.2. The van der Waals surface area contributed by atoms with Crippen LogP contribution in [-0.4, -0.2) is 27.3 Å². The minimum atomic E-state index is -0.647. The van der Waals surface area contributed by atoms with E-state index in [9.17, 15) is 10.1 Å². The number of hydrogen-bond acceptors (Lipinski definition) is 9. The first-order chi connectivity index (χ1) is 20.8. The molecule has 9 heteroatoms. The van der Waals surface area contributed by atoms with Crippen LogP contribution in [0.5, 0.6) is 34.5 Å². The summed E-state index contributed by atoms with van der Waals surface area (Å²) in [4.78, 5) is 13.1. The van der Waals surface area contributed by atoms with Crippen LogP contribution in [0.25, 0.3) is 0 Å². The van der Waals surface area contributed by atoms with Gasteiger partial charge in [0.15, 0.2) is 11.5 Å². The second kappa shape index (κ2) is 12.5. The molecule has 0 aromatic heterocycles. The molecule has 4 aromatic carbocycles. The Morgan fingerprint density at radius 3 is 2.28 bits per heavy atom. The van der Waals surface area contributed by atoms with Gasteiger partial charge in [-0.2, -0.15) is 5.26 Å². The van der Waals surface area contributed by atoms with Crippen molar-refractivity contribution >= 4 is 5.97 Å². The van der Waals surface area contributed by atoms with Crippen LogP contribution in [0.1, 0.15) is 38.5 Å². The van der Waals surface area contributed by atoms with Crippen LogP contribution in [0.3, 0.4) is 0 Å². The molecule has 0 amide bonds. The largest absolute Gasteiger partial charge is 0.493 e. The highest BCUT2D eigenvalue weighted by molar-refractivity contribution is 5.92. The number of methoxy groups -OCH3 is 3. The maximum absolute atomic E-state index is 13.1. The highest BCUT2D eigenvalue weighted by atomic mass is 16.5. The third-order valence-electron chi connectivity index (χ3n) is 7.02. The van der Waals surface area contributed by atoms with Gasteiger partial charge in [-0.3, -0.25) is 0 Å². The minimum absolute atomic E-state index is 0.0286. The highest BCUT2D eigenvalue weighted by Gasteiger charge is 2.31. The molecule has 1 unspecified atom stereocenters. The second-order valence-electron chi connectivity index (χ2n) is 9.77. The summed E-state index contributed by atoms with van der Waals surface area (Å²) < 4.78 is 33.5. The number of benzene rings is 4. The van der Waals surface area contributed by atoms with E-state index in [4.69, 9.17) is 34.2 Å². The zero-order valence-electron chi connectivity index (χ0n) is 24.2. The van der Waals surface area contributed by atoms with Crippen molar-refractivity contribution in [3.63, 3.8) is 0 Å². The lowest BCUT2D eigenvalue weighted by Gasteiger charge is -2.27. The van der Waals surface area contributed by atoms with Crippen molar-refractivity contribution in [1.82, 2.24) is 0 Å². The standard InChI is InChI=1S/C34H30N2O7/c1-20-8-10-21(11-9-20)19-41-24-7-5-6-22(14-24)31-26-13-12-25(17-28(26)43-33(36)27(31)18-35)42-34(37)23-15-29(38-2)32(40-4)30(16-23)39-3/h5-17,31H,19,36H2,1-4H3. The number of hydrogen-bond donors (Lipinski definition) is 1. The summed E-state index contributed by atoms with van der Waals surface area (Å²) >= 11 is 0. The van der Waals surface area contributed by atoms with Crippen molar-refractivity contribution < 1.29 is 33.2 Å². The molecular formula is C34H30N2O7. The Hall–Kier alpha value is -5.62. The molecule has 0 bridgehead atoms. The molecule has 0 saturated heterocycles. The molecule has 4 aromatic rings. The number of esters is 1. The highest BCUT2D eigenvalue weighted by Crippen LogP contribution is 2.44. The molecule has 0 radical (unpaired) electrons. The van der Waals surface area contributed by atoms with Gasteiger partial charge in [-0.05, 0) is 48.4 Å². The smallest absolute Gasteiger partial charge is 0.343 e. The molecule has 0 saturated carbocycles. The molecule has 43 heavy (non-hydrogen) atoms. The van der Waals surface area contributed by atoms with Crippen LogP contribution >= 0.6 is 0 Å². The Balaban J connectivity index is 1.41. The summed E-state index contributed by atoms with van der Waals surface area (Å²) in [6.07, 6.45) is 0. The van der Waals surface area contributed by atoms with Crippen LogP contribution in [0, 0.1) is 18.3 Å². The molecule has 1 heterocycles. The fourth-order valence-electron chi connectivity index (χ4n) is 4.84. The molecule has 0 aliphatic carbocycles.